The van der Waals surface area contributed by atoms with E-state index in [9.17, 15) is 9.59 Å². The van der Waals surface area contributed by atoms with Gasteiger partial charge in [0.2, 0.25) is 0 Å². The summed E-state index contributed by atoms with van der Waals surface area (Å²) in [5.41, 5.74) is 1.30. The maximum absolute atomic E-state index is 15.3. The predicted molar refractivity (Wildman–Crippen MR) is 125 cm³/mol. The third kappa shape index (κ3) is 4.84. The van der Waals surface area contributed by atoms with Crippen LogP contribution in [0, 0.1) is 17.6 Å². The number of rotatable bonds is 9. The number of anilines is 2. The normalized spacial score (nSPS) is 17.4. The highest BCUT2D eigenvalue weighted by atomic mass is 19.1. The summed E-state index contributed by atoms with van der Waals surface area (Å²) in [6.07, 6.45) is 4.23. The third-order valence-corrected chi connectivity index (χ3v) is 6.24. The fourth-order valence-electron chi connectivity index (χ4n) is 4.31. The molecule has 1 aromatic heterocycles. The molecule has 186 valence electrons. The standard InChI is InChI=1S/C25H27F2N3O5/c1-4-18(31)6-5-17-9-19-16(11-28-17)13-30(25(32)29(19)12-15-7-8-35-14-15)24-22(26)20(33-2)10-21(34-3)23(24)27/h4,9-11,15H,1,5-8,12-14H2,2-3H3/t15-/m1/s1. The molecule has 0 unspecified atom stereocenters. The molecular weight excluding hydrogens is 460 g/mol. The van der Waals surface area contributed by atoms with Gasteiger partial charge in [0.05, 0.1) is 33.1 Å². The van der Waals surface area contributed by atoms with Crippen molar-refractivity contribution in [3.63, 3.8) is 0 Å². The number of urea groups is 1. The van der Waals surface area contributed by atoms with Gasteiger partial charge in [0.1, 0.15) is 5.69 Å². The van der Waals surface area contributed by atoms with E-state index < -0.39 is 23.4 Å². The predicted octanol–water partition coefficient (Wildman–Crippen LogP) is 4.05. The molecule has 10 heteroatoms. The number of aromatic nitrogens is 1. The highest BCUT2D eigenvalue weighted by Crippen LogP contribution is 2.41. The van der Waals surface area contributed by atoms with Crippen LogP contribution < -0.4 is 19.3 Å². The molecule has 0 N–H and O–H groups in total. The highest BCUT2D eigenvalue weighted by molar-refractivity contribution is 6.06. The fraction of sp³-hybridized carbons (Fsp3) is 0.400. The Balaban J connectivity index is 1.77. The Morgan fingerprint density at radius 2 is 1.97 bits per heavy atom. The average Bonchev–Trinajstić information content (AvgIpc) is 3.38. The molecule has 0 radical (unpaired) electrons. The Labute approximate surface area is 202 Å². The van der Waals surface area contributed by atoms with Crippen LogP contribution in [0.15, 0.2) is 31.0 Å². The molecule has 4 rings (SSSR count). The zero-order chi connectivity index (χ0) is 25.1. The molecule has 2 aliphatic heterocycles. The molecule has 0 saturated carbocycles. The zero-order valence-corrected chi connectivity index (χ0v) is 19.7. The maximum Gasteiger partial charge on any atom is 0.329 e. The van der Waals surface area contributed by atoms with Crippen molar-refractivity contribution in [1.29, 1.82) is 0 Å². The van der Waals surface area contributed by atoms with Crippen LogP contribution in [0.5, 0.6) is 11.5 Å². The van der Waals surface area contributed by atoms with Crippen molar-refractivity contribution in [3.05, 3.63) is 53.9 Å². The number of allylic oxidation sites excluding steroid dienone is 1. The average molecular weight is 488 g/mol. The number of hydrogen-bond acceptors (Lipinski definition) is 6. The molecule has 2 aromatic rings. The van der Waals surface area contributed by atoms with Gasteiger partial charge in [0.15, 0.2) is 28.9 Å². The molecule has 1 atom stereocenters. The molecule has 0 spiro atoms. The number of ketones is 1. The topological polar surface area (TPSA) is 81.2 Å². The van der Waals surface area contributed by atoms with Gasteiger partial charge >= 0.3 is 6.03 Å². The zero-order valence-electron chi connectivity index (χ0n) is 19.7. The summed E-state index contributed by atoms with van der Waals surface area (Å²) in [5, 5.41) is 0. The van der Waals surface area contributed by atoms with Gasteiger partial charge in [0, 0.05) is 49.0 Å². The van der Waals surface area contributed by atoms with E-state index in [1.54, 1.807) is 12.3 Å². The molecule has 2 amide bonds. The molecule has 0 aliphatic carbocycles. The van der Waals surface area contributed by atoms with Crippen molar-refractivity contribution in [2.45, 2.75) is 25.8 Å². The van der Waals surface area contributed by atoms with Crippen molar-refractivity contribution in [2.24, 2.45) is 5.92 Å². The Morgan fingerprint density at radius 3 is 2.57 bits per heavy atom. The van der Waals surface area contributed by atoms with Gasteiger partial charge in [-0.3, -0.25) is 19.6 Å². The Bertz CT molecular complexity index is 1120. The second kappa shape index (κ2) is 10.4. The van der Waals surface area contributed by atoms with E-state index in [1.807, 2.05) is 0 Å². The van der Waals surface area contributed by atoms with Crippen LogP contribution in [-0.4, -0.2) is 50.8 Å². The number of nitrogens with zero attached hydrogens (tertiary/aromatic N) is 3. The lowest BCUT2D eigenvalue weighted by atomic mass is 10.0. The number of hydrogen-bond donors (Lipinski definition) is 0. The van der Waals surface area contributed by atoms with Crippen LogP contribution in [-0.2, 0) is 22.5 Å². The van der Waals surface area contributed by atoms with E-state index >= 15 is 8.78 Å². The molecule has 0 bridgehead atoms. The summed E-state index contributed by atoms with van der Waals surface area (Å²) < 4.78 is 46.1. The lowest BCUT2D eigenvalue weighted by Gasteiger charge is -2.38. The first-order chi connectivity index (χ1) is 16.9. The lowest BCUT2D eigenvalue weighted by molar-refractivity contribution is -0.114. The first kappa shape index (κ1) is 24.6. The SMILES string of the molecule is C=CC(=O)CCc1cc2c(cn1)CN(c1c(F)c(OC)cc(OC)c1F)C(=O)N2C[C@H]1CCOC1. The summed E-state index contributed by atoms with van der Waals surface area (Å²) in [4.78, 5) is 32.3. The number of methoxy groups -OCH3 is 2. The molecule has 35 heavy (non-hydrogen) atoms. The minimum atomic E-state index is -1.00. The molecule has 8 nitrogen and oxygen atoms in total. The fourth-order valence-corrected chi connectivity index (χ4v) is 4.31. The number of carbonyl (C=O) groups is 2. The molecule has 2 aliphatic rings. The monoisotopic (exact) mass is 487 g/mol. The number of ether oxygens (including phenoxy) is 3. The van der Waals surface area contributed by atoms with Crippen molar-refractivity contribution < 1.29 is 32.6 Å². The maximum atomic E-state index is 15.3. The Morgan fingerprint density at radius 1 is 1.26 bits per heavy atom. The van der Waals surface area contributed by atoms with Crippen LogP contribution in [0.2, 0.25) is 0 Å². The summed E-state index contributed by atoms with van der Waals surface area (Å²) in [6.45, 7) is 4.76. The number of pyridine rings is 1. The van der Waals surface area contributed by atoms with Crippen LogP contribution in [0.3, 0.4) is 0 Å². The van der Waals surface area contributed by atoms with Gasteiger partial charge in [-0.15, -0.1) is 0 Å². The second-order valence-electron chi connectivity index (χ2n) is 8.44. The van der Waals surface area contributed by atoms with Gasteiger partial charge in [0.25, 0.3) is 0 Å². The Kier molecular flexibility index (Phi) is 7.30. The lowest BCUT2D eigenvalue weighted by Crippen LogP contribution is -2.50. The number of benzene rings is 1. The van der Waals surface area contributed by atoms with E-state index in [0.29, 0.717) is 43.1 Å². The summed E-state index contributed by atoms with van der Waals surface area (Å²) in [6, 6.07) is 2.27. The van der Waals surface area contributed by atoms with E-state index in [4.69, 9.17) is 14.2 Å². The molecule has 3 heterocycles. The van der Waals surface area contributed by atoms with Crippen LogP contribution in [0.25, 0.3) is 0 Å². The summed E-state index contributed by atoms with van der Waals surface area (Å²) in [5.74, 6) is -2.52. The van der Waals surface area contributed by atoms with Crippen LogP contribution in [0.4, 0.5) is 25.0 Å². The van der Waals surface area contributed by atoms with E-state index in [2.05, 4.69) is 11.6 Å². The van der Waals surface area contributed by atoms with Gasteiger partial charge in [-0.1, -0.05) is 6.58 Å². The quantitative estimate of drug-likeness (QED) is 0.497. The number of amides is 2. The second-order valence-corrected chi connectivity index (χ2v) is 8.44. The number of halogens is 2. The molecule has 1 saturated heterocycles. The van der Waals surface area contributed by atoms with Crippen molar-refractivity contribution in [1.82, 2.24) is 4.98 Å². The van der Waals surface area contributed by atoms with Gasteiger partial charge < -0.3 is 14.2 Å². The highest BCUT2D eigenvalue weighted by Gasteiger charge is 2.38. The van der Waals surface area contributed by atoms with Crippen molar-refractivity contribution in [3.8, 4) is 11.5 Å². The van der Waals surface area contributed by atoms with Gasteiger partial charge in [-0.25, -0.2) is 13.6 Å². The van der Waals surface area contributed by atoms with Gasteiger partial charge in [-0.2, -0.15) is 0 Å². The molecule has 1 aromatic carbocycles. The van der Waals surface area contributed by atoms with Crippen LogP contribution in [0.1, 0.15) is 24.1 Å². The van der Waals surface area contributed by atoms with Crippen LogP contribution >= 0.6 is 0 Å². The minimum Gasteiger partial charge on any atom is -0.493 e. The third-order valence-electron chi connectivity index (χ3n) is 6.24. The molecular formula is C25H27F2N3O5. The first-order valence-electron chi connectivity index (χ1n) is 11.3. The minimum absolute atomic E-state index is 0.0697. The number of carbonyl (C=O) groups excluding carboxylic acids is 2. The van der Waals surface area contributed by atoms with Crippen molar-refractivity contribution in [2.75, 3.05) is 43.8 Å². The first-order valence-corrected chi connectivity index (χ1v) is 11.3. The Hall–Kier alpha value is -3.53. The summed E-state index contributed by atoms with van der Waals surface area (Å²) in [7, 11) is 2.50. The van der Waals surface area contributed by atoms with Crippen molar-refractivity contribution >= 4 is 23.2 Å². The molecule has 1 fully saturated rings. The van der Waals surface area contributed by atoms with E-state index in [0.717, 1.165) is 17.4 Å². The number of aryl methyl sites for hydroxylation is 1. The van der Waals surface area contributed by atoms with Gasteiger partial charge in [-0.05, 0) is 25.0 Å². The largest absolute Gasteiger partial charge is 0.493 e. The van der Waals surface area contributed by atoms with E-state index in [-0.39, 0.29) is 36.2 Å². The number of fused-ring (bicyclic) bond motifs is 1. The summed E-state index contributed by atoms with van der Waals surface area (Å²) >= 11 is 0. The van der Waals surface area contributed by atoms with E-state index in [1.165, 1.54) is 25.2 Å². The smallest absolute Gasteiger partial charge is 0.329 e.